The molecular weight excluding hydrogens is 320 g/mol. The number of unbranched alkanes of at least 4 members (excludes halogenated alkanes) is 3. The van der Waals surface area contributed by atoms with Crippen molar-refractivity contribution in [3.8, 4) is 0 Å². The second-order valence-electron chi connectivity index (χ2n) is 6.89. The summed E-state index contributed by atoms with van der Waals surface area (Å²) in [6.07, 6.45) is 11.9. The number of aliphatic carboxylic acids is 1. The van der Waals surface area contributed by atoms with Crippen LogP contribution in [0.15, 0.2) is 24.3 Å². The summed E-state index contributed by atoms with van der Waals surface area (Å²) in [6, 6.07) is 0. The maximum Gasteiger partial charge on any atom is 0.303 e. The molecule has 0 spiro atoms. The quantitative estimate of drug-likeness (QED) is 0.285. The first-order valence-corrected chi connectivity index (χ1v) is 9.39. The molecule has 1 saturated carbocycles. The Morgan fingerprint density at radius 3 is 2.48 bits per heavy atom. The number of carboxylic acid groups (broad SMARTS) is 1. The number of rotatable bonds is 12. The van der Waals surface area contributed by atoms with Crippen LogP contribution in [-0.4, -0.2) is 39.3 Å². The third-order valence-corrected chi connectivity index (χ3v) is 4.78. The van der Waals surface area contributed by atoms with Gasteiger partial charge in [0.15, 0.2) is 5.78 Å². The SMILES string of the molecule is CCCCCC(=O)C=C[C@@H]1[C@H](CC=CCCCC(=O)O)[C@@H](O)C[C@H]1O. The van der Waals surface area contributed by atoms with Gasteiger partial charge in [0.2, 0.25) is 0 Å². The van der Waals surface area contributed by atoms with E-state index in [1.54, 1.807) is 12.2 Å². The van der Waals surface area contributed by atoms with Gasteiger partial charge in [0, 0.05) is 25.2 Å². The van der Waals surface area contributed by atoms with E-state index in [9.17, 15) is 19.8 Å². The van der Waals surface area contributed by atoms with Crippen molar-refractivity contribution < 1.29 is 24.9 Å². The molecule has 5 nitrogen and oxygen atoms in total. The van der Waals surface area contributed by atoms with Crippen LogP contribution >= 0.6 is 0 Å². The zero-order chi connectivity index (χ0) is 18.7. The molecule has 4 atom stereocenters. The van der Waals surface area contributed by atoms with E-state index in [0.717, 1.165) is 19.3 Å². The second kappa shape index (κ2) is 12.0. The molecule has 1 fully saturated rings. The van der Waals surface area contributed by atoms with E-state index >= 15 is 0 Å². The molecule has 3 N–H and O–H groups in total. The van der Waals surface area contributed by atoms with E-state index in [1.807, 2.05) is 12.2 Å². The number of aliphatic hydroxyl groups excluding tert-OH is 2. The van der Waals surface area contributed by atoms with Gasteiger partial charge in [0.25, 0.3) is 0 Å². The van der Waals surface area contributed by atoms with Crippen LogP contribution in [0.4, 0.5) is 0 Å². The first-order valence-electron chi connectivity index (χ1n) is 9.39. The highest BCUT2D eigenvalue weighted by atomic mass is 16.4. The monoisotopic (exact) mass is 352 g/mol. The Hall–Kier alpha value is -1.46. The standard InChI is InChI=1S/C20H32O5/c1-2-3-6-9-15(21)12-13-17-16(18(22)14-19(17)23)10-7-4-5-8-11-20(24)25/h4,7,12-13,16-19,22-23H,2-3,5-6,8-11,14H2,1H3,(H,24,25)/t16-,17+,18-,19+/m0/s1. The molecule has 142 valence electrons. The predicted molar refractivity (Wildman–Crippen MR) is 97.1 cm³/mol. The highest BCUT2D eigenvalue weighted by Crippen LogP contribution is 2.36. The number of hydrogen-bond donors (Lipinski definition) is 3. The third kappa shape index (κ3) is 8.45. The van der Waals surface area contributed by atoms with Gasteiger partial charge in [-0.05, 0) is 37.7 Å². The van der Waals surface area contributed by atoms with E-state index in [4.69, 9.17) is 5.11 Å². The van der Waals surface area contributed by atoms with Gasteiger partial charge in [-0.15, -0.1) is 0 Å². The summed E-state index contributed by atoms with van der Waals surface area (Å²) in [4.78, 5) is 22.3. The number of carbonyl (C=O) groups is 2. The molecule has 0 unspecified atom stereocenters. The van der Waals surface area contributed by atoms with E-state index in [0.29, 0.717) is 32.1 Å². The topological polar surface area (TPSA) is 94.8 Å². The molecule has 0 saturated heterocycles. The lowest BCUT2D eigenvalue weighted by Gasteiger charge is -2.19. The first-order chi connectivity index (χ1) is 12.0. The van der Waals surface area contributed by atoms with Gasteiger partial charge in [0.1, 0.15) is 0 Å². The molecule has 5 heteroatoms. The van der Waals surface area contributed by atoms with Crippen LogP contribution in [0.5, 0.6) is 0 Å². The zero-order valence-corrected chi connectivity index (χ0v) is 15.1. The molecule has 0 radical (unpaired) electrons. The van der Waals surface area contributed by atoms with Crippen LogP contribution in [-0.2, 0) is 9.59 Å². The van der Waals surface area contributed by atoms with Crippen LogP contribution < -0.4 is 0 Å². The maximum absolute atomic E-state index is 11.9. The molecule has 25 heavy (non-hydrogen) atoms. The molecule has 0 amide bonds. The molecular formula is C20H32O5. The lowest BCUT2D eigenvalue weighted by atomic mass is 9.89. The van der Waals surface area contributed by atoms with Crippen molar-refractivity contribution >= 4 is 11.8 Å². The highest BCUT2D eigenvalue weighted by molar-refractivity contribution is 5.89. The van der Waals surface area contributed by atoms with Crippen LogP contribution in [0, 0.1) is 11.8 Å². The normalized spacial score (nSPS) is 26.7. The molecule has 0 aliphatic heterocycles. The average Bonchev–Trinajstić information content (AvgIpc) is 2.82. The number of ketones is 1. The van der Waals surface area contributed by atoms with Crippen molar-refractivity contribution in [1.82, 2.24) is 0 Å². The molecule has 0 aromatic heterocycles. The summed E-state index contributed by atoms with van der Waals surface area (Å²) < 4.78 is 0. The van der Waals surface area contributed by atoms with Crippen molar-refractivity contribution in [2.75, 3.05) is 0 Å². The molecule has 1 rings (SSSR count). The number of aliphatic hydroxyl groups is 2. The lowest BCUT2D eigenvalue weighted by Crippen LogP contribution is -2.20. The number of carboxylic acids is 1. The fourth-order valence-electron chi connectivity index (χ4n) is 3.30. The fourth-order valence-corrected chi connectivity index (χ4v) is 3.30. The Bertz CT molecular complexity index is 469. The molecule has 0 aromatic rings. The van der Waals surface area contributed by atoms with Gasteiger partial charge < -0.3 is 15.3 Å². The van der Waals surface area contributed by atoms with E-state index < -0.39 is 18.2 Å². The van der Waals surface area contributed by atoms with Crippen LogP contribution in [0.1, 0.15) is 64.7 Å². The summed E-state index contributed by atoms with van der Waals surface area (Å²) in [5.74, 6) is -1.04. The molecule has 0 aromatic carbocycles. The summed E-state index contributed by atoms with van der Waals surface area (Å²) in [7, 11) is 0. The van der Waals surface area contributed by atoms with Gasteiger partial charge >= 0.3 is 5.97 Å². The summed E-state index contributed by atoms with van der Waals surface area (Å²) in [6.45, 7) is 2.09. The highest BCUT2D eigenvalue weighted by Gasteiger charge is 2.39. The fraction of sp³-hybridized carbons (Fsp3) is 0.700. The minimum Gasteiger partial charge on any atom is -0.481 e. The summed E-state index contributed by atoms with van der Waals surface area (Å²) in [5.41, 5.74) is 0. The predicted octanol–water partition coefficient (Wildman–Crippen LogP) is 3.25. The lowest BCUT2D eigenvalue weighted by molar-refractivity contribution is -0.137. The van der Waals surface area contributed by atoms with Crippen molar-refractivity contribution in [3.63, 3.8) is 0 Å². The maximum atomic E-state index is 11.9. The average molecular weight is 352 g/mol. The number of carbonyl (C=O) groups excluding carboxylic acids is 1. The van der Waals surface area contributed by atoms with E-state index in [-0.39, 0.29) is 24.0 Å². The van der Waals surface area contributed by atoms with E-state index in [1.165, 1.54) is 0 Å². The molecule has 0 heterocycles. The van der Waals surface area contributed by atoms with Gasteiger partial charge in [-0.1, -0.05) is 38.0 Å². The summed E-state index contributed by atoms with van der Waals surface area (Å²) in [5, 5.41) is 28.9. The number of allylic oxidation sites excluding steroid dienone is 3. The Balaban J connectivity index is 2.48. The largest absolute Gasteiger partial charge is 0.481 e. The number of hydrogen-bond acceptors (Lipinski definition) is 4. The van der Waals surface area contributed by atoms with Crippen LogP contribution in [0.3, 0.4) is 0 Å². The third-order valence-electron chi connectivity index (χ3n) is 4.78. The minimum atomic E-state index is -0.795. The Labute approximate surface area is 150 Å². The Kier molecular flexibility index (Phi) is 10.3. The van der Waals surface area contributed by atoms with Crippen molar-refractivity contribution in [1.29, 1.82) is 0 Å². The van der Waals surface area contributed by atoms with Gasteiger partial charge in [-0.25, -0.2) is 0 Å². The molecule has 0 bridgehead atoms. The molecule has 1 aliphatic rings. The van der Waals surface area contributed by atoms with E-state index in [2.05, 4.69) is 6.92 Å². The van der Waals surface area contributed by atoms with Gasteiger partial charge in [-0.3, -0.25) is 9.59 Å². The van der Waals surface area contributed by atoms with Crippen LogP contribution in [0.25, 0.3) is 0 Å². The first kappa shape index (κ1) is 21.6. The smallest absolute Gasteiger partial charge is 0.303 e. The van der Waals surface area contributed by atoms with Crippen molar-refractivity contribution in [2.45, 2.75) is 76.9 Å². The zero-order valence-electron chi connectivity index (χ0n) is 15.1. The van der Waals surface area contributed by atoms with Crippen molar-refractivity contribution in [3.05, 3.63) is 24.3 Å². The van der Waals surface area contributed by atoms with Gasteiger partial charge in [0.05, 0.1) is 12.2 Å². The van der Waals surface area contributed by atoms with Crippen LogP contribution in [0.2, 0.25) is 0 Å². The Morgan fingerprint density at radius 2 is 1.80 bits per heavy atom. The molecule has 1 aliphatic carbocycles. The van der Waals surface area contributed by atoms with Crippen molar-refractivity contribution in [2.24, 2.45) is 11.8 Å². The Morgan fingerprint density at radius 1 is 1.04 bits per heavy atom. The minimum absolute atomic E-state index is 0.0741. The second-order valence-corrected chi connectivity index (χ2v) is 6.89. The summed E-state index contributed by atoms with van der Waals surface area (Å²) >= 11 is 0. The van der Waals surface area contributed by atoms with Gasteiger partial charge in [-0.2, -0.15) is 0 Å².